The maximum atomic E-state index is 12.4. The predicted octanol–water partition coefficient (Wildman–Crippen LogP) is 2.92. The Bertz CT molecular complexity index is 846. The van der Waals surface area contributed by atoms with E-state index in [-0.39, 0.29) is 30.1 Å². The molecule has 6 nitrogen and oxygen atoms in total. The fraction of sp³-hybridized carbons (Fsp3) is 0.176. The van der Waals surface area contributed by atoms with Crippen LogP contribution in [0.2, 0.25) is 0 Å². The predicted molar refractivity (Wildman–Crippen MR) is 98.3 cm³/mol. The number of carbonyl (C=O) groups is 3. The molecule has 2 heterocycles. The van der Waals surface area contributed by atoms with E-state index < -0.39 is 0 Å². The monoisotopic (exact) mass is 373 g/mol. The summed E-state index contributed by atoms with van der Waals surface area (Å²) in [5.74, 6) is -0.645. The molecule has 25 heavy (non-hydrogen) atoms. The first kappa shape index (κ1) is 17.4. The van der Waals surface area contributed by atoms with E-state index in [9.17, 15) is 14.4 Å². The zero-order chi connectivity index (χ0) is 17.8. The highest BCUT2D eigenvalue weighted by Crippen LogP contribution is 2.31. The number of hydrogen-bond acceptors (Lipinski definition) is 6. The van der Waals surface area contributed by atoms with Gasteiger partial charge < -0.3 is 5.32 Å². The van der Waals surface area contributed by atoms with Crippen LogP contribution < -0.4 is 5.32 Å². The Kier molecular flexibility index (Phi) is 5.30. The Hall–Kier alpha value is -2.45. The van der Waals surface area contributed by atoms with Crippen LogP contribution in [0.15, 0.2) is 40.6 Å². The summed E-state index contributed by atoms with van der Waals surface area (Å²) in [5.41, 5.74) is 1.21. The van der Waals surface area contributed by atoms with Gasteiger partial charge >= 0.3 is 0 Å². The van der Waals surface area contributed by atoms with Gasteiger partial charge in [0.1, 0.15) is 5.69 Å². The molecule has 2 aromatic rings. The van der Waals surface area contributed by atoms with Crippen molar-refractivity contribution in [2.24, 2.45) is 0 Å². The van der Waals surface area contributed by atoms with Crippen LogP contribution >= 0.6 is 23.1 Å². The largest absolute Gasteiger partial charge is 0.349 e. The van der Waals surface area contributed by atoms with Crippen LogP contribution in [-0.4, -0.2) is 40.0 Å². The summed E-state index contributed by atoms with van der Waals surface area (Å²) >= 11 is 2.30. The molecule has 1 fully saturated rings. The number of hydrogen-bond donors (Lipinski definition) is 1. The number of imide groups is 1. The van der Waals surface area contributed by atoms with Crippen LogP contribution in [0.3, 0.4) is 0 Å². The highest BCUT2D eigenvalue weighted by atomic mass is 32.2. The Morgan fingerprint density at radius 1 is 1.28 bits per heavy atom. The third-order valence-electron chi connectivity index (χ3n) is 3.44. The van der Waals surface area contributed by atoms with E-state index in [4.69, 9.17) is 0 Å². The first-order chi connectivity index (χ1) is 12.0. The quantitative estimate of drug-likeness (QED) is 0.815. The van der Waals surface area contributed by atoms with Gasteiger partial charge in [-0.05, 0) is 30.3 Å². The van der Waals surface area contributed by atoms with Gasteiger partial charge in [0.2, 0.25) is 0 Å². The second-order valence-corrected chi connectivity index (χ2v) is 7.31. The fourth-order valence-electron chi connectivity index (χ4n) is 2.23. The lowest BCUT2D eigenvalue weighted by Gasteiger charge is -2.12. The minimum absolute atomic E-state index is 0.131. The Morgan fingerprint density at radius 3 is 2.72 bits per heavy atom. The molecule has 1 aliphatic heterocycles. The van der Waals surface area contributed by atoms with Crippen LogP contribution in [-0.2, 0) is 4.79 Å². The van der Waals surface area contributed by atoms with Gasteiger partial charge in [0.05, 0.1) is 9.91 Å². The lowest BCUT2D eigenvalue weighted by Crippen LogP contribution is -2.37. The van der Waals surface area contributed by atoms with Crippen molar-refractivity contribution in [3.8, 4) is 0 Å². The van der Waals surface area contributed by atoms with Crippen LogP contribution in [0.5, 0.6) is 0 Å². The second-order valence-electron chi connectivity index (χ2n) is 5.25. The molecular weight excluding hydrogens is 358 g/mol. The zero-order valence-corrected chi connectivity index (χ0v) is 15.0. The maximum Gasteiger partial charge on any atom is 0.293 e. The highest BCUT2D eigenvalue weighted by Gasteiger charge is 2.34. The van der Waals surface area contributed by atoms with Crippen LogP contribution in [0.4, 0.5) is 4.79 Å². The molecule has 0 aliphatic carbocycles. The molecule has 3 rings (SSSR count). The van der Waals surface area contributed by atoms with Gasteiger partial charge in [-0.1, -0.05) is 30.3 Å². The van der Waals surface area contributed by atoms with E-state index >= 15 is 0 Å². The molecule has 1 aromatic carbocycles. The van der Waals surface area contributed by atoms with Crippen molar-refractivity contribution >= 4 is 46.2 Å². The number of rotatable bonds is 5. The number of thiazole rings is 1. The van der Waals surface area contributed by atoms with E-state index in [1.54, 1.807) is 11.5 Å². The third-order valence-corrected chi connectivity index (χ3v) is 5.12. The number of nitrogens with one attached hydrogen (secondary N) is 1. The summed E-state index contributed by atoms with van der Waals surface area (Å²) in [7, 11) is 0. The smallest absolute Gasteiger partial charge is 0.293 e. The lowest BCUT2D eigenvalue weighted by molar-refractivity contribution is -0.122. The van der Waals surface area contributed by atoms with Gasteiger partial charge in [-0.2, -0.15) is 0 Å². The summed E-state index contributed by atoms with van der Waals surface area (Å²) < 4.78 is 0. The van der Waals surface area contributed by atoms with Crippen molar-refractivity contribution in [3.05, 3.63) is 56.9 Å². The summed E-state index contributed by atoms with van der Waals surface area (Å²) in [6, 6.07) is 9.35. The summed E-state index contributed by atoms with van der Waals surface area (Å²) in [5, 5.41) is 4.83. The van der Waals surface area contributed by atoms with E-state index in [1.165, 1.54) is 11.3 Å². The van der Waals surface area contributed by atoms with E-state index in [0.29, 0.717) is 10.6 Å². The van der Waals surface area contributed by atoms with Crippen molar-refractivity contribution in [2.75, 3.05) is 13.1 Å². The van der Waals surface area contributed by atoms with Crippen molar-refractivity contribution in [1.29, 1.82) is 0 Å². The molecule has 1 N–H and O–H groups in total. The maximum absolute atomic E-state index is 12.4. The lowest BCUT2D eigenvalue weighted by atomic mass is 10.2. The molecular formula is C17H15N3O3S2. The molecule has 1 aliphatic rings. The van der Waals surface area contributed by atoms with E-state index in [0.717, 1.165) is 27.2 Å². The highest BCUT2D eigenvalue weighted by molar-refractivity contribution is 8.18. The SMILES string of the molecule is Cc1nc(C(=O)NCCN2C(=O)S/C(=C/c3ccccc3)C2=O)cs1. The second kappa shape index (κ2) is 7.62. The van der Waals surface area contributed by atoms with Crippen LogP contribution in [0.25, 0.3) is 6.08 Å². The van der Waals surface area contributed by atoms with Crippen molar-refractivity contribution < 1.29 is 14.4 Å². The Morgan fingerprint density at radius 2 is 2.04 bits per heavy atom. The molecule has 0 spiro atoms. The van der Waals surface area contributed by atoms with Gasteiger partial charge in [0.25, 0.3) is 17.1 Å². The van der Waals surface area contributed by atoms with Gasteiger partial charge in [-0.25, -0.2) is 4.98 Å². The van der Waals surface area contributed by atoms with Gasteiger partial charge in [0, 0.05) is 18.5 Å². The summed E-state index contributed by atoms with van der Waals surface area (Å²) in [6.07, 6.45) is 1.70. The molecule has 0 unspecified atom stereocenters. The molecule has 3 amide bonds. The third kappa shape index (κ3) is 4.15. The number of aryl methyl sites for hydroxylation is 1. The number of benzene rings is 1. The van der Waals surface area contributed by atoms with Gasteiger partial charge in [-0.3, -0.25) is 19.3 Å². The average Bonchev–Trinajstić information content (AvgIpc) is 3.14. The number of thioether (sulfide) groups is 1. The minimum Gasteiger partial charge on any atom is -0.349 e. The normalized spacial score (nSPS) is 15.9. The van der Waals surface area contributed by atoms with Crippen molar-refractivity contribution in [3.63, 3.8) is 0 Å². The minimum atomic E-state index is -0.336. The number of amides is 3. The molecule has 0 bridgehead atoms. The standard InChI is InChI=1S/C17H15N3O3S2/c1-11-19-13(10-24-11)15(21)18-7-8-20-16(22)14(25-17(20)23)9-12-5-3-2-4-6-12/h2-6,9-10H,7-8H2,1H3,(H,18,21)/b14-9+. The van der Waals surface area contributed by atoms with E-state index in [1.807, 2.05) is 37.3 Å². The molecule has 1 saturated heterocycles. The van der Waals surface area contributed by atoms with Gasteiger partial charge in [-0.15, -0.1) is 11.3 Å². The molecule has 128 valence electrons. The number of nitrogens with zero attached hydrogens (tertiary/aromatic N) is 2. The van der Waals surface area contributed by atoms with Crippen LogP contribution in [0.1, 0.15) is 21.1 Å². The molecule has 1 aromatic heterocycles. The number of carbonyl (C=O) groups excluding carboxylic acids is 3. The molecule has 0 radical (unpaired) electrons. The Balaban J connectivity index is 1.58. The zero-order valence-electron chi connectivity index (χ0n) is 13.4. The molecule has 8 heteroatoms. The van der Waals surface area contributed by atoms with Crippen LogP contribution in [0, 0.1) is 6.92 Å². The topological polar surface area (TPSA) is 79.4 Å². The molecule has 0 saturated carbocycles. The average molecular weight is 373 g/mol. The first-order valence-corrected chi connectivity index (χ1v) is 9.25. The molecule has 0 atom stereocenters. The van der Waals surface area contributed by atoms with E-state index in [2.05, 4.69) is 10.3 Å². The first-order valence-electron chi connectivity index (χ1n) is 7.55. The van der Waals surface area contributed by atoms with Gasteiger partial charge in [0.15, 0.2) is 0 Å². The van der Waals surface area contributed by atoms with Crippen molar-refractivity contribution in [2.45, 2.75) is 6.92 Å². The Labute approximate surface area is 152 Å². The summed E-state index contributed by atoms with van der Waals surface area (Å²) in [6.45, 7) is 2.14. The summed E-state index contributed by atoms with van der Waals surface area (Å²) in [4.78, 5) is 42.0. The van der Waals surface area contributed by atoms with Crippen molar-refractivity contribution in [1.82, 2.24) is 15.2 Å². The fourth-order valence-corrected chi connectivity index (χ4v) is 3.69. The number of aromatic nitrogens is 1.